The van der Waals surface area contributed by atoms with Crippen LogP contribution in [0.2, 0.25) is 0 Å². The van der Waals surface area contributed by atoms with Crippen LogP contribution >= 0.6 is 0 Å². The van der Waals surface area contributed by atoms with Gasteiger partial charge in [-0.2, -0.15) is 14.0 Å². The van der Waals surface area contributed by atoms with E-state index in [1.807, 2.05) is 0 Å². The summed E-state index contributed by atoms with van der Waals surface area (Å²) < 4.78 is 47.3. The Balaban J connectivity index is 1.65. The molecule has 1 fully saturated rings. The van der Waals surface area contributed by atoms with Gasteiger partial charge in [-0.05, 0) is 73.8 Å². The van der Waals surface area contributed by atoms with E-state index in [0.29, 0.717) is 11.8 Å². The molecular formula is C24H24F3NO. The maximum Gasteiger partial charge on any atom is 0.426 e. The lowest BCUT2D eigenvalue weighted by atomic mass is 9.78. The van der Waals surface area contributed by atoms with E-state index in [0.717, 1.165) is 55.9 Å². The zero-order valence-electron chi connectivity index (χ0n) is 16.4. The summed E-state index contributed by atoms with van der Waals surface area (Å²) >= 11 is 0. The molecule has 1 saturated carbocycles. The van der Waals surface area contributed by atoms with Gasteiger partial charge in [-0.25, -0.2) is 4.39 Å². The highest BCUT2D eigenvalue weighted by Crippen LogP contribution is 2.38. The first-order valence-electron chi connectivity index (χ1n) is 9.96. The van der Waals surface area contributed by atoms with Gasteiger partial charge in [0.15, 0.2) is 0 Å². The first-order valence-corrected chi connectivity index (χ1v) is 9.96. The highest BCUT2D eigenvalue weighted by Gasteiger charge is 2.35. The lowest BCUT2D eigenvalue weighted by Crippen LogP contribution is -2.22. The second-order valence-corrected chi connectivity index (χ2v) is 7.44. The number of hydrogen-bond acceptors (Lipinski definition) is 2. The van der Waals surface area contributed by atoms with E-state index in [4.69, 9.17) is 10.00 Å². The van der Waals surface area contributed by atoms with Crippen molar-refractivity contribution in [3.8, 4) is 11.8 Å². The van der Waals surface area contributed by atoms with Crippen LogP contribution < -0.4 is 4.74 Å². The van der Waals surface area contributed by atoms with Crippen molar-refractivity contribution >= 4 is 0 Å². The zero-order chi connectivity index (χ0) is 20.9. The molecule has 0 saturated heterocycles. The van der Waals surface area contributed by atoms with Gasteiger partial charge in [-0.1, -0.05) is 31.2 Å². The quantitative estimate of drug-likeness (QED) is 0.487. The van der Waals surface area contributed by atoms with Crippen molar-refractivity contribution in [1.82, 2.24) is 0 Å². The molecule has 0 atom stereocenters. The second kappa shape index (κ2) is 9.17. The van der Waals surface area contributed by atoms with E-state index in [9.17, 15) is 13.2 Å². The van der Waals surface area contributed by atoms with Gasteiger partial charge in [0, 0.05) is 6.07 Å². The largest absolute Gasteiger partial charge is 0.429 e. The van der Waals surface area contributed by atoms with Gasteiger partial charge in [0.25, 0.3) is 0 Å². The van der Waals surface area contributed by atoms with Crippen LogP contribution in [-0.2, 0) is 6.11 Å². The number of hydrogen-bond donors (Lipinski definition) is 0. The molecule has 0 bridgehead atoms. The van der Waals surface area contributed by atoms with E-state index in [1.54, 1.807) is 18.2 Å². The van der Waals surface area contributed by atoms with Crippen molar-refractivity contribution in [3.05, 3.63) is 77.1 Å². The Kier molecular flexibility index (Phi) is 6.64. The van der Waals surface area contributed by atoms with Crippen molar-refractivity contribution in [2.24, 2.45) is 5.92 Å². The number of halogens is 3. The van der Waals surface area contributed by atoms with Gasteiger partial charge < -0.3 is 4.74 Å². The van der Waals surface area contributed by atoms with Crippen LogP contribution in [0, 0.1) is 23.1 Å². The molecular weight excluding hydrogens is 375 g/mol. The molecule has 3 rings (SSSR count). The summed E-state index contributed by atoms with van der Waals surface area (Å²) in [6.45, 7) is 2.13. The summed E-state index contributed by atoms with van der Waals surface area (Å²) in [7, 11) is 0. The van der Waals surface area contributed by atoms with E-state index in [-0.39, 0.29) is 16.9 Å². The maximum atomic E-state index is 14.5. The minimum Gasteiger partial charge on any atom is -0.429 e. The molecule has 0 heterocycles. The van der Waals surface area contributed by atoms with Crippen molar-refractivity contribution in [2.75, 3.05) is 0 Å². The number of rotatable bonds is 6. The van der Waals surface area contributed by atoms with Crippen LogP contribution in [0.3, 0.4) is 0 Å². The molecule has 1 aliphatic carbocycles. The van der Waals surface area contributed by atoms with Crippen LogP contribution in [0.5, 0.6) is 5.75 Å². The van der Waals surface area contributed by atoms with Crippen molar-refractivity contribution in [1.29, 1.82) is 5.26 Å². The van der Waals surface area contributed by atoms with Gasteiger partial charge in [-0.15, -0.1) is 0 Å². The van der Waals surface area contributed by atoms with Gasteiger partial charge >= 0.3 is 6.11 Å². The highest BCUT2D eigenvalue weighted by atomic mass is 19.3. The third kappa shape index (κ3) is 5.20. The van der Waals surface area contributed by atoms with Crippen LogP contribution in [-0.4, -0.2) is 0 Å². The number of nitrogens with zero attached hydrogens (tertiary/aromatic N) is 1. The molecule has 29 heavy (non-hydrogen) atoms. The fraction of sp³-hybridized carbons (Fsp3) is 0.375. The molecule has 2 aromatic rings. The van der Waals surface area contributed by atoms with Gasteiger partial charge in [0.2, 0.25) is 0 Å². The second-order valence-electron chi connectivity index (χ2n) is 7.44. The van der Waals surface area contributed by atoms with Gasteiger partial charge in [-0.3, -0.25) is 0 Å². The maximum absolute atomic E-state index is 14.5. The molecule has 0 aliphatic heterocycles. The molecule has 0 spiro atoms. The minimum absolute atomic E-state index is 0.218. The lowest BCUT2D eigenvalue weighted by Gasteiger charge is -2.27. The molecule has 0 aromatic heterocycles. The van der Waals surface area contributed by atoms with E-state index < -0.39 is 11.9 Å². The molecule has 0 unspecified atom stereocenters. The van der Waals surface area contributed by atoms with Crippen LogP contribution in [0.1, 0.15) is 61.6 Å². The number of allylic oxidation sites excluding steroid dienone is 2. The molecule has 2 nitrogen and oxygen atoms in total. The monoisotopic (exact) mass is 399 g/mol. The van der Waals surface area contributed by atoms with Crippen molar-refractivity contribution in [3.63, 3.8) is 0 Å². The lowest BCUT2D eigenvalue weighted by molar-refractivity contribution is -0.185. The summed E-state index contributed by atoms with van der Waals surface area (Å²) in [4.78, 5) is 0. The normalized spacial score (nSPS) is 19.8. The first-order chi connectivity index (χ1) is 13.9. The molecule has 0 amide bonds. The van der Waals surface area contributed by atoms with Crippen molar-refractivity contribution < 1.29 is 17.9 Å². The third-order valence-electron chi connectivity index (χ3n) is 5.44. The highest BCUT2D eigenvalue weighted by molar-refractivity contribution is 5.37. The van der Waals surface area contributed by atoms with Gasteiger partial charge in [0.1, 0.15) is 17.6 Å². The number of nitriles is 1. The fourth-order valence-electron chi connectivity index (χ4n) is 3.78. The topological polar surface area (TPSA) is 33.0 Å². The van der Waals surface area contributed by atoms with E-state index in [2.05, 4.69) is 19.1 Å². The van der Waals surface area contributed by atoms with Crippen LogP contribution in [0.4, 0.5) is 13.2 Å². The summed E-state index contributed by atoms with van der Waals surface area (Å²) in [5.74, 6) is -0.205. The zero-order valence-corrected chi connectivity index (χ0v) is 16.4. The Morgan fingerprint density at radius 3 is 2.38 bits per heavy atom. The molecule has 1 aliphatic rings. The average molecular weight is 399 g/mol. The first kappa shape index (κ1) is 21.0. The Morgan fingerprint density at radius 1 is 1.10 bits per heavy atom. The smallest absolute Gasteiger partial charge is 0.426 e. The fourth-order valence-corrected chi connectivity index (χ4v) is 3.78. The SMILES string of the molecule is CCC=C[C@H]1CC[C@H](c2ccc(C(F)(F)Oc3ccc(C#N)c(F)c3)cc2)CC1. The predicted octanol–water partition coefficient (Wildman–Crippen LogP) is 7.07. The van der Waals surface area contributed by atoms with Gasteiger partial charge in [0.05, 0.1) is 11.1 Å². The number of alkyl halides is 2. The molecule has 0 radical (unpaired) electrons. The number of benzene rings is 2. The minimum atomic E-state index is -3.60. The Labute approximate surface area is 169 Å². The van der Waals surface area contributed by atoms with E-state index >= 15 is 0 Å². The Morgan fingerprint density at radius 2 is 1.79 bits per heavy atom. The Hall–Kier alpha value is -2.74. The predicted molar refractivity (Wildman–Crippen MR) is 106 cm³/mol. The molecule has 152 valence electrons. The summed E-state index contributed by atoms with van der Waals surface area (Å²) in [6.07, 6.45) is 6.29. The van der Waals surface area contributed by atoms with Crippen LogP contribution in [0.25, 0.3) is 0 Å². The van der Waals surface area contributed by atoms with E-state index in [1.165, 1.54) is 12.1 Å². The molecule has 0 N–H and O–H groups in total. The molecule has 2 aromatic carbocycles. The third-order valence-corrected chi connectivity index (χ3v) is 5.44. The average Bonchev–Trinajstić information content (AvgIpc) is 2.72. The molecule has 5 heteroatoms. The summed E-state index contributed by atoms with van der Waals surface area (Å²) in [5, 5.41) is 8.72. The standard InChI is InChI=1S/C24H24F3NO/c1-2-3-4-17-5-7-18(8-6-17)19-9-12-21(13-10-19)24(26,27)29-22-14-11-20(16-28)23(25)15-22/h3-4,9-15,17-18H,2,5-8H2,1H3/t17-,18-. The Bertz CT molecular complexity index is 891. The van der Waals surface area contributed by atoms with Crippen LogP contribution in [0.15, 0.2) is 54.6 Å². The number of ether oxygens (including phenoxy) is 1. The summed E-state index contributed by atoms with van der Waals surface area (Å²) in [6, 6.07) is 10.9. The summed E-state index contributed by atoms with van der Waals surface area (Å²) in [5.41, 5.74) is 0.558. The van der Waals surface area contributed by atoms with Crippen molar-refractivity contribution in [2.45, 2.75) is 51.1 Å².